The molecule has 5 heteroatoms. The Morgan fingerprint density at radius 3 is 2.56 bits per heavy atom. The van der Waals surface area contributed by atoms with Crippen molar-refractivity contribution < 1.29 is 4.92 Å². The molecule has 0 aliphatic rings. The van der Waals surface area contributed by atoms with Crippen LogP contribution in [0.25, 0.3) is 10.2 Å². The van der Waals surface area contributed by atoms with E-state index in [1.54, 1.807) is 23.5 Å². The fraction of sp³-hybridized carbons (Fsp3) is 0.136. The Morgan fingerprint density at radius 2 is 1.78 bits per heavy atom. The minimum absolute atomic E-state index is 0.0965. The van der Waals surface area contributed by atoms with Gasteiger partial charge in [-0.05, 0) is 36.6 Å². The van der Waals surface area contributed by atoms with Gasteiger partial charge in [0.1, 0.15) is 0 Å². The highest BCUT2D eigenvalue weighted by Crippen LogP contribution is 2.36. The molecule has 0 aliphatic heterocycles. The van der Waals surface area contributed by atoms with Crippen LogP contribution in [0.15, 0.2) is 72.8 Å². The molecule has 134 valence electrons. The van der Waals surface area contributed by atoms with E-state index in [0.717, 1.165) is 31.9 Å². The van der Waals surface area contributed by atoms with E-state index >= 15 is 0 Å². The molecule has 0 saturated carbocycles. The van der Waals surface area contributed by atoms with Crippen LogP contribution in [0.2, 0.25) is 0 Å². The molecule has 1 unspecified atom stereocenters. The van der Waals surface area contributed by atoms with Gasteiger partial charge in [-0.3, -0.25) is 10.1 Å². The van der Waals surface area contributed by atoms with Crippen molar-refractivity contribution in [1.82, 2.24) is 4.98 Å². The summed E-state index contributed by atoms with van der Waals surface area (Å²) in [5.74, 6) is -0.0965. The number of nitro benzene ring substituents is 1. The van der Waals surface area contributed by atoms with Crippen molar-refractivity contribution in [2.75, 3.05) is 0 Å². The number of para-hydroxylation sites is 1. The lowest BCUT2D eigenvalue weighted by molar-refractivity contribution is -0.385. The number of rotatable bonds is 5. The largest absolute Gasteiger partial charge is 0.273 e. The van der Waals surface area contributed by atoms with E-state index in [4.69, 9.17) is 0 Å². The summed E-state index contributed by atoms with van der Waals surface area (Å²) in [7, 11) is 0. The zero-order chi connectivity index (χ0) is 18.8. The number of benzene rings is 3. The summed E-state index contributed by atoms with van der Waals surface area (Å²) in [6.07, 6.45) is 0.703. The minimum atomic E-state index is -0.289. The number of thiazole rings is 1. The average Bonchev–Trinajstić information content (AvgIpc) is 3.06. The number of aryl methyl sites for hydroxylation is 1. The fourth-order valence-electron chi connectivity index (χ4n) is 3.48. The second-order valence-corrected chi connectivity index (χ2v) is 7.75. The first kappa shape index (κ1) is 17.4. The Bertz CT molecular complexity index is 1110. The number of fused-ring (bicyclic) bond motifs is 1. The predicted octanol–water partition coefficient (Wildman–Crippen LogP) is 5.89. The molecule has 4 aromatic rings. The molecule has 4 nitrogen and oxygen atoms in total. The summed E-state index contributed by atoms with van der Waals surface area (Å²) < 4.78 is 1.11. The van der Waals surface area contributed by atoms with Gasteiger partial charge in [-0.2, -0.15) is 0 Å². The van der Waals surface area contributed by atoms with Gasteiger partial charge in [0.05, 0.1) is 20.1 Å². The number of hydrogen-bond donors (Lipinski definition) is 0. The van der Waals surface area contributed by atoms with Gasteiger partial charge in [0, 0.05) is 17.5 Å². The van der Waals surface area contributed by atoms with Crippen LogP contribution in [0, 0.1) is 17.0 Å². The lowest BCUT2D eigenvalue weighted by atomic mass is 9.85. The second-order valence-electron chi connectivity index (χ2n) is 6.52. The Morgan fingerprint density at radius 1 is 1.04 bits per heavy atom. The van der Waals surface area contributed by atoms with Crippen molar-refractivity contribution in [3.63, 3.8) is 0 Å². The SMILES string of the molecule is Cc1nc2ccc(C(Cc3ccccc3)c3ccccc3[N+](=O)[O-])cc2s1. The molecule has 0 saturated heterocycles. The molecule has 27 heavy (non-hydrogen) atoms. The lowest BCUT2D eigenvalue weighted by Gasteiger charge is -2.18. The van der Waals surface area contributed by atoms with E-state index < -0.39 is 0 Å². The van der Waals surface area contributed by atoms with Crippen molar-refractivity contribution in [3.8, 4) is 0 Å². The van der Waals surface area contributed by atoms with E-state index in [1.807, 2.05) is 49.4 Å². The average molecular weight is 374 g/mol. The van der Waals surface area contributed by atoms with Crippen molar-refractivity contribution >= 4 is 27.2 Å². The van der Waals surface area contributed by atoms with Crippen LogP contribution in [-0.2, 0) is 6.42 Å². The van der Waals surface area contributed by atoms with Crippen LogP contribution < -0.4 is 0 Å². The second kappa shape index (κ2) is 7.29. The molecule has 1 heterocycles. The van der Waals surface area contributed by atoms with Gasteiger partial charge >= 0.3 is 0 Å². The summed E-state index contributed by atoms with van der Waals surface area (Å²) in [5.41, 5.74) is 4.11. The van der Waals surface area contributed by atoms with Crippen LogP contribution in [0.5, 0.6) is 0 Å². The van der Waals surface area contributed by atoms with Crippen molar-refractivity contribution in [1.29, 1.82) is 0 Å². The maximum atomic E-state index is 11.6. The standard InChI is InChI=1S/C22H18N2O2S/c1-15-23-20-12-11-17(14-22(20)27-15)19(13-16-7-3-2-4-8-16)18-9-5-6-10-21(18)24(25)26/h2-12,14,19H,13H2,1H3. The van der Waals surface area contributed by atoms with Crippen LogP contribution >= 0.6 is 11.3 Å². The van der Waals surface area contributed by atoms with Crippen LogP contribution in [0.1, 0.15) is 27.6 Å². The maximum absolute atomic E-state index is 11.6. The molecule has 0 radical (unpaired) electrons. The van der Waals surface area contributed by atoms with E-state index in [-0.39, 0.29) is 16.5 Å². The molecule has 0 fully saturated rings. The number of nitrogens with zero attached hydrogens (tertiary/aromatic N) is 2. The van der Waals surface area contributed by atoms with Crippen molar-refractivity contribution in [2.24, 2.45) is 0 Å². The van der Waals surface area contributed by atoms with E-state index in [0.29, 0.717) is 6.42 Å². The molecular formula is C22H18N2O2S. The fourth-order valence-corrected chi connectivity index (χ4v) is 4.35. The first-order valence-electron chi connectivity index (χ1n) is 8.76. The highest BCUT2D eigenvalue weighted by molar-refractivity contribution is 7.18. The Balaban J connectivity index is 1.86. The van der Waals surface area contributed by atoms with E-state index in [2.05, 4.69) is 23.2 Å². The molecule has 0 amide bonds. The molecule has 0 aliphatic carbocycles. The summed E-state index contributed by atoms with van der Waals surface area (Å²) in [4.78, 5) is 15.9. The monoisotopic (exact) mass is 374 g/mol. The quantitative estimate of drug-likeness (QED) is 0.323. The number of aromatic nitrogens is 1. The Hall–Kier alpha value is -3.05. The normalized spacial score (nSPS) is 12.2. The maximum Gasteiger partial charge on any atom is 0.273 e. The van der Waals surface area contributed by atoms with Crippen LogP contribution in [0.4, 0.5) is 5.69 Å². The Kier molecular flexibility index (Phi) is 4.69. The van der Waals surface area contributed by atoms with Gasteiger partial charge in [0.2, 0.25) is 0 Å². The highest BCUT2D eigenvalue weighted by atomic mass is 32.1. The highest BCUT2D eigenvalue weighted by Gasteiger charge is 2.24. The molecule has 4 rings (SSSR count). The third-order valence-corrected chi connectivity index (χ3v) is 5.65. The van der Waals surface area contributed by atoms with Crippen LogP contribution in [-0.4, -0.2) is 9.91 Å². The van der Waals surface area contributed by atoms with Crippen molar-refractivity contribution in [3.05, 3.63) is 105 Å². The summed E-state index contributed by atoms with van der Waals surface area (Å²) >= 11 is 1.65. The molecule has 0 bridgehead atoms. The van der Waals surface area contributed by atoms with E-state index in [1.165, 1.54) is 0 Å². The topological polar surface area (TPSA) is 56.0 Å². The van der Waals surface area contributed by atoms with Gasteiger partial charge in [0.25, 0.3) is 5.69 Å². The van der Waals surface area contributed by atoms with E-state index in [9.17, 15) is 10.1 Å². The minimum Gasteiger partial charge on any atom is -0.258 e. The van der Waals surface area contributed by atoms with Crippen LogP contribution in [0.3, 0.4) is 0 Å². The van der Waals surface area contributed by atoms with Gasteiger partial charge < -0.3 is 0 Å². The smallest absolute Gasteiger partial charge is 0.258 e. The van der Waals surface area contributed by atoms with Gasteiger partial charge in [-0.25, -0.2) is 4.98 Å². The first-order chi connectivity index (χ1) is 13.1. The summed E-state index contributed by atoms with van der Waals surface area (Å²) in [6, 6.07) is 23.4. The molecule has 1 aromatic heterocycles. The molecule has 0 N–H and O–H groups in total. The third-order valence-electron chi connectivity index (χ3n) is 4.71. The first-order valence-corrected chi connectivity index (χ1v) is 9.58. The number of nitro groups is 1. The molecule has 0 spiro atoms. The lowest BCUT2D eigenvalue weighted by Crippen LogP contribution is -2.08. The van der Waals surface area contributed by atoms with Gasteiger partial charge in [0.15, 0.2) is 0 Å². The zero-order valence-electron chi connectivity index (χ0n) is 14.8. The van der Waals surface area contributed by atoms with Gasteiger partial charge in [-0.1, -0.05) is 54.6 Å². The van der Waals surface area contributed by atoms with Gasteiger partial charge in [-0.15, -0.1) is 11.3 Å². The molecular weight excluding hydrogens is 356 g/mol. The summed E-state index contributed by atoms with van der Waals surface area (Å²) in [6.45, 7) is 1.99. The number of hydrogen-bond acceptors (Lipinski definition) is 4. The zero-order valence-corrected chi connectivity index (χ0v) is 15.6. The molecule has 3 aromatic carbocycles. The predicted molar refractivity (Wildman–Crippen MR) is 109 cm³/mol. The van der Waals surface area contributed by atoms with Crippen molar-refractivity contribution in [2.45, 2.75) is 19.3 Å². The molecule has 1 atom stereocenters. The summed E-state index contributed by atoms with van der Waals surface area (Å²) in [5, 5.41) is 12.6. The Labute approximate surface area is 161 Å². The third kappa shape index (κ3) is 3.59.